The second-order valence-corrected chi connectivity index (χ2v) is 5.27. The summed E-state index contributed by atoms with van der Waals surface area (Å²) >= 11 is 23.1. The molecular weight excluding hydrogens is 357 g/mol. The van der Waals surface area contributed by atoms with Crippen molar-refractivity contribution < 1.29 is 13.2 Å². The van der Waals surface area contributed by atoms with Gasteiger partial charge < -0.3 is 0 Å². The topological polar surface area (TPSA) is 12.9 Å². The van der Waals surface area contributed by atoms with Crippen LogP contribution in [0.25, 0.3) is 11.1 Å². The van der Waals surface area contributed by atoms with E-state index in [1.165, 1.54) is 18.2 Å². The van der Waals surface area contributed by atoms with Gasteiger partial charge in [0.15, 0.2) is 0 Å². The van der Waals surface area contributed by atoms with E-state index in [2.05, 4.69) is 4.98 Å². The van der Waals surface area contributed by atoms with Gasteiger partial charge in [0.25, 0.3) is 0 Å². The van der Waals surface area contributed by atoms with E-state index in [1.807, 2.05) is 0 Å². The molecule has 0 unspecified atom stereocenters. The molecule has 0 saturated heterocycles. The highest BCUT2D eigenvalue weighted by Gasteiger charge is 2.37. The lowest BCUT2D eigenvalue weighted by Gasteiger charge is -2.15. The molecule has 0 amide bonds. The number of rotatable bonds is 1. The maximum absolute atomic E-state index is 13.1. The lowest BCUT2D eigenvalue weighted by molar-refractivity contribution is -0.137. The quantitative estimate of drug-likeness (QED) is 0.424. The Morgan fingerprint density at radius 1 is 0.850 bits per heavy atom. The molecule has 0 aliphatic rings. The van der Waals surface area contributed by atoms with Crippen LogP contribution < -0.4 is 0 Å². The van der Waals surface area contributed by atoms with E-state index in [0.29, 0.717) is 0 Å². The lowest BCUT2D eigenvalue weighted by atomic mass is 10.0. The molecule has 0 radical (unpaired) electrons. The van der Waals surface area contributed by atoms with E-state index in [0.717, 1.165) is 6.20 Å². The molecule has 0 aliphatic heterocycles. The largest absolute Gasteiger partial charge is 0.419 e. The summed E-state index contributed by atoms with van der Waals surface area (Å²) < 4.78 is 39.2. The second kappa shape index (κ2) is 5.60. The zero-order valence-corrected chi connectivity index (χ0v) is 12.4. The van der Waals surface area contributed by atoms with Crippen LogP contribution in [0.3, 0.4) is 0 Å². The lowest BCUT2D eigenvalue weighted by Crippen LogP contribution is -2.09. The third kappa shape index (κ3) is 2.84. The summed E-state index contributed by atoms with van der Waals surface area (Å²) in [6.45, 7) is 0. The number of nitrogens with zero attached hydrogens (tertiary/aromatic N) is 1. The SMILES string of the molecule is FC(F)(F)c1c(-c2ccc(Cl)c(Cl)c2Cl)ccnc1Cl. The van der Waals surface area contributed by atoms with Crippen LogP contribution in [-0.4, -0.2) is 4.98 Å². The van der Waals surface area contributed by atoms with Gasteiger partial charge in [0.2, 0.25) is 0 Å². The van der Waals surface area contributed by atoms with Gasteiger partial charge in [-0.2, -0.15) is 13.2 Å². The number of hydrogen-bond acceptors (Lipinski definition) is 1. The summed E-state index contributed by atoms with van der Waals surface area (Å²) in [7, 11) is 0. The molecule has 0 spiro atoms. The summed E-state index contributed by atoms with van der Waals surface area (Å²) in [6.07, 6.45) is -3.51. The first-order chi connectivity index (χ1) is 9.23. The van der Waals surface area contributed by atoms with Crippen molar-refractivity contribution in [2.75, 3.05) is 0 Å². The molecule has 1 aromatic carbocycles. The molecule has 0 saturated carbocycles. The van der Waals surface area contributed by atoms with E-state index >= 15 is 0 Å². The fourth-order valence-electron chi connectivity index (χ4n) is 1.66. The number of hydrogen-bond donors (Lipinski definition) is 0. The Labute approximate surface area is 132 Å². The monoisotopic (exact) mass is 359 g/mol. The summed E-state index contributed by atoms with van der Waals surface area (Å²) in [5, 5.41) is -0.606. The van der Waals surface area contributed by atoms with Gasteiger partial charge in [0.05, 0.1) is 15.1 Å². The molecule has 106 valence electrons. The Bertz CT molecular complexity index is 670. The molecule has 8 heteroatoms. The predicted molar refractivity (Wildman–Crippen MR) is 74.7 cm³/mol. The van der Waals surface area contributed by atoms with E-state index in [4.69, 9.17) is 46.4 Å². The Morgan fingerprint density at radius 2 is 1.50 bits per heavy atom. The highest BCUT2D eigenvalue weighted by molar-refractivity contribution is 6.49. The molecule has 20 heavy (non-hydrogen) atoms. The molecule has 0 atom stereocenters. The van der Waals surface area contributed by atoms with Crippen molar-refractivity contribution >= 4 is 46.4 Å². The van der Waals surface area contributed by atoms with Crippen molar-refractivity contribution in [1.82, 2.24) is 4.98 Å². The molecule has 0 N–H and O–H groups in total. The standard InChI is InChI=1S/C12H4Cl4F3N/c13-7-2-1-6(9(14)10(7)15)5-3-4-20-11(16)8(5)12(17,18)19/h1-4H. The minimum atomic E-state index is -4.67. The van der Waals surface area contributed by atoms with E-state index in [-0.39, 0.29) is 26.2 Å². The van der Waals surface area contributed by atoms with Gasteiger partial charge in [0.1, 0.15) is 10.7 Å². The van der Waals surface area contributed by atoms with Crippen LogP contribution in [0.15, 0.2) is 24.4 Å². The predicted octanol–water partition coefficient (Wildman–Crippen LogP) is 6.38. The molecular formula is C12H4Cl4F3N. The number of pyridine rings is 1. The van der Waals surface area contributed by atoms with Crippen LogP contribution in [0.1, 0.15) is 5.56 Å². The average Bonchev–Trinajstić information content (AvgIpc) is 2.34. The van der Waals surface area contributed by atoms with Gasteiger partial charge in [-0.3, -0.25) is 0 Å². The Kier molecular flexibility index (Phi) is 4.40. The van der Waals surface area contributed by atoms with Crippen molar-refractivity contribution in [3.05, 3.63) is 50.2 Å². The first-order valence-corrected chi connectivity index (χ1v) is 6.60. The smallest absolute Gasteiger partial charge is 0.244 e. The van der Waals surface area contributed by atoms with Crippen molar-refractivity contribution in [2.24, 2.45) is 0 Å². The Balaban J connectivity index is 2.78. The molecule has 2 aromatic rings. The highest BCUT2D eigenvalue weighted by Crippen LogP contribution is 2.44. The number of halogens is 7. The first-order valence-electron chi connectivity index (χ1n) is 5.09. The fourth-order valence-corrected chi connectivity index (χ4v) is 2.57. The van der Waals surface area contributed by atoms with Crippen LogP contribution in [0.4, 0.5) is 13.2 Å². The highest BCUT2D eigenvalue weighted by atomic mass is 35.5. The van der Waals surface area contributed by atoms with Gasteiger partial charge in [-0.25, -0.2) is 4.98 Å². The van der Waals surface area contributed by atoms with Gasteiger partial charge >= 0.3 is 6.18 Å². The molecule has 0 bridgehead atoms. The summed E-state index contributed by atoms with van der Waals surface area (Å²) in [4.78, 5) is 3.44. The van der Waals surface area contributed by atoms with E-state index in [9.17, 15) is 13.2 Å². The average molecular weight is 361 g/mol. The van der Waals surface area contributed by atoms with E-state index in [1.54, 1.807) is 0 Å². The minimum Gasteiger partial charge on any atom is -0.244 e. The third-order valence-corrected chi connectivity index (χ3v) is 4.09. The number of benzene rings is 1. The Hall–Kier alpha value is -0.680. The third-order valence-electron chi connectivity index (χ3n) is 2.51. The number of alkyl halides is 3. The molecule has 1 nitrogen and oxygen atoms in total. The molecule has 1 aromatic heterocycles. The fraction of sp³-hybridized carbons (Fsp3) is 0.0833. The zero-order valence-electron chi connectivity index (χ0n) is 9.40. The van der Waals surface area contributed by atoms with E-state index < -0.39 is 16.9 Å². The maximum Gasteiger partial charge on any atom is 0.419 e. The molecule has 0 fully saturated rings. The van der Waals surface area contributed by atoms with Gasteiger partial charge in [0, 0.05) is 17.3 Å². The summed E-state index contributed by atoms with van der Waals surface area (Å²) in [6, 6.07) is 3.87. The normalized spacial score (nSPS) is 11.8. The van der Waals surface area contributed by atoms with Crippen molar-refractivity contribution in [1.29, 1.82) is 0 Å². The molecule has 1 heterocycles. The number of aromatic nitrogens is 1. The maximum atomic E-state index is 13.1. The second-order valence-electron chi connectivity index (χ2n) is 3.74. The van der Waals surface area contributed by atoms with Crippen LogP contribution in [0.5, 0.6) is 0 Å². The van der Waals surface area contributed by atoms with Crippen LogP contribution in [-0.2, 0) is 6.18 Å². The molecule has 2 rings (SSSR count). The van der Waals surface area contributed by atoms with Gasteiger partial charge in [-0.1, -0.05) is 52.5 Å². The van der Waals surface area contributed by atoms with Crippen LogP contribution in [0.2, 0.25) is 20.2 Å². The van der Waals surface area contributed by atoms with Crippen LogP contribution >= 0.6 is 46.4 Å². The molecule has 0 aliphatic carbocycles. The van der Waals surface area contributed by atoms with Crippen molar-refractivity contribution in [3.8, 4) is 11.1 Å². The van der Waals surface area contributed by atoms with Gasteiger partial charge in [-0.05, 0) is 12.1 Å². The van der Waals surface area contributed by atoms with Gasteiger partial charge in [-0.15, -0.1) is 0 Å². The summed E-state index contributed by atoms with van der Waals surface area (Å²) in [5.74, 6) is 0. The summed E-state index contributed by atoms with van der Waals surface area (Å²) in [5.41, 5.74) is -1.19. The minimum absolute atomic E-state index is 0.0214. The van der Waals surface area contributed by atoms with Crippen molar-refractivity contribution in [2.45, 2.75) is 6.18 Å². The Morgan fingerprint density at radius 3 is 2.10 bits per heavy atom. The van der Waals surface area contributed by atoms with Crippen molar-refractivity contribution in [3.63, 3.8) is 0 Å². The first kappa shape index (κ1) is 15.7. The van der Waals surface area contributed by atoms with Crippen LogP contribution in [0, 0.1) is 0 Å². The zero-order chi connectivity index (χ0) is 15.1.